The lowest BCUT2D eigenvalue weighted by atomic mass is 10.1. The molecule has 0 heterocycles. The fourth-order valence-corrected chi connectivity index (χ4v) is 3.57. The molecule has 0 fully saturated rings. The van der Waals surface area contributed by atoms with Gasteiger partial charge >= 0.3 is 5.97 Å². The first-order valence-corrected chi connectivity index (χ1v) is 8.16. The van der Waals surface area contributed by atoms with Gasteiger partial charge in [0.2, 0.25) is 10.0 Å². The first-order chi connectivity index (χ1) is 9.67. The highest BCUT2D eigenvalue weighted by Crippen LogP contribution is 2.20. The van der Waals surface area contributed by atoms with Gasteiger partial charge in [-0.25, -0.2) is 17.9 Å². The Morgan fingerprint density at radius 1 is 1.33 bits per heavy atom. The Labute approximate surface area is 125 Å². The van der Waals surface area contributed by atoms with Crippen LogP contribution in [-0.4, -0.2) is 27.5 Å². The van der Waals surface area contributed by atoms with E-state index in [1.807, 2.05) is 13.8 Å². The van der Waals surface area contributed by atoms with Crippen LogP contribution in [0.5, 0.6) is 0 Å². The SMILES string of the molecule is COC(=O)c1cc(N)ccc1S(=O)(=O)NC(C)CC(C)C. The number of hydrogen-bond donors (Lipinski definition) is 2. The Morgan fingerprint density at radius 3 is 2.48 bits per heavy atom. The van der Waals surface area contributed by atoms with Gasteiger partial charge in [0.1, 0.15) is 0 Å². The second-order valence-corrected chi connectivity index (χ2v) is 7.08. The fourth-order valence-electron chi connectivity index (χ4n) is 2.13. The number of nitrogen functional groups attached to an aromatic ring is 1. The van der Waals surface area contributed by atoms with E-state index < -0.39 is 16.0 Å². The number of nitrogens with two attached hydrogens (primary N) is 1. The zero-order valence-corrected chi connectivity index (χ0v) is 13.5. The maximum Gasteiger partial charge on any atom is 0.339 e. The lowest BCUT2D eigenvalue weighted by molar-refractivity contribution is 0.0596. The number of carbonyl (C=O) groups excluding carboxylic acids is 1. The van der Waals surface area contributed by atoms with Gasteiger partial charge in [-0.2, -0.15) is 0 Å². The smallest absolute Gasteiger partial charge is 0.339 e. The predicted octanol–water partition coefficient (Wildman–Crippen LogP) is 1.77. The number of anilines is 1. The van der Waals surface area contributed by atoms with Gasteiger partial charge in [-0.15, -0.1) is 0 Å². The molecule has 0 saturated carbocycles. The average Bonchev–Trinajstić information content (AvgIpc) is 2.35. The molecule has 1 unspecified atom stereocenters. The number of hydrogen-bond acceptors (Lipinski definition) is 5. The maximum absolute atomic E-state index is 12.4. The number of rotatable bonds is 6. The van der Waals surface area contributed by atoms with E-state index in [2.05, 4.69) is 9.46 Å². The van der Waals surface area contributed by atoms with Gasteiger partial charge in [0.05, 0.1) is 17.6 Å². The number of esters is 1. The van der Waals surface area contributed by atoms with Crippen LogP contribution in [-0.2, 0) is 14.8 Å². The summed E-state index contributed by atoms with van der Waals surface area (Å²) < 4.78 is 32.0. The summed E-state index contributed by atoms with van der Waals surface area (Å²) in [5, 5.41) is 0. The van der Waals surface area contributed by atoms with Crippen molar-refractivity contribution in [2.75, 3.05) is 12.8 Å². The second kappa shape index (κ2) is 6.91. The van der Waals surface area contributed by atoms with Crippen LogP contribution in [0.1, 0.15) is 37.6 Å². The minimum atomic E-state index is -3.81. The van der Waals surface area contributed by atoms with Gasteiger partial charge in [-0.3, -0.25) is 0 Å². The Balaban J connectivity index is 3.16. The number of ether oxygens (including phenoxy) is 1. The van der Waals surface area contributed by atoms with Crippen LogP contribution >= 0.6 is 0 Å². The first-order valence-electron chi connectivity index (χ1n) is 6.67. The van der Waals surface area contributed by atoms with Gasteiger partial charge in [0.15, 0.2) is 0 Å². The minimum Gasteiger partial charge on any atom is -0.465 e. The summed E-state index contributed by atoms with van der Waals surface area (Å²) >= 11 is 0. The van der Waals surface area contributed by atoms with Crippen LogP contribution < -0.4 is 10.5 Å². The van der Waals surface area contributed by atoms with E-state index in [-0.39, 0.29) is 16.5 Å². The van der Waals surface area contributed by atoms with Crippen molar-refractivity contribution in [2.24, 2.45) is 5.92 Å². The van der Waals surface area contributed by atoms with E-state index in [1.165, 1.54) is 25.3 Å². The second-order valence-electron chi connectivity index (χ2n) is 5.40. The molecule has 0 aromatic heterocycles. The zero-order valence-electron chi connectivity index (χ0n) is 12.7. The largest absolute Gasteiger partial charge is 0.465 e. The van der Waals surface area contributed by atoms with Gasteiger partial charge in [0, 0.05) is 11.7 Å². The number of methoxy groups -OCH3 is 1. The number of sulfonamides is 1. The quantitative estimate of drug-likeness (QED) is 0.616. The Hall–Kier alpha value is -1.60. The van der Waals surface area contributed by atoms with E-state index in [4.69, 9.17) is 5.73 Å². The Bertz CT molecular complexity index is 611. The number of benzene rings is 1. The molecule has 7 heteroatoms. The fraction of sp³-hybridized carbons (Fsp3) is 0.500. The number of nitrogens with one attached hydrogen (secondary N) is 1. The van der Waals surface area contributed by atoms with Gasteiger partial charge in [-0.1, -0.05) is 13.8 Å². The summed E-state index contributed by atoms with van der Waals surface area (Å²) in [7, 11) is -2.62. The third kappa shape index (κ3) is 4.71. The highest BCUT2D eigenvalue weighted by Gasteiger charge is 2.25. The van der Waals surface area contributed by atoms with Crippen molar-refractivity contribution < 1.29 is 17.9 Å². The van der Waals surface area contributed by atoms with Crippen molar-refractivity contribution >= 4 is 21.7 Å². The molecule has 0 radical (unpaired) electrons. The summed E-state index contributed by atoms with van der Waals surface area (Å²) in [5.74, 6) is -0.381. The molecule has 1 aromatic carbocycles. The van der Waals surface area contributed by atoms with Crippen molar-refractivity contribution in [3.05, 3.63) is 23.8 Å². The highest BCUT2D eigenvalue weighted by molar-refractivity contribution is 7.89. The van der Waals surface area contributed by atoms with Crippen LogP contribution in [0.2, 0.25) is 0 Å². The van der Waals surface area contributed by atoms with Crippen molar-refractivity contribution in [2.45, 2.75) is 38.1 Å². The predicted molar refractivity (Wildman–Crippen MR) is 81.4 cm³/mol. The molecule has 0 bridgehead atoms. The Morgan fingerprint density at radius 2 is 1.95 bits per heavy atom. The lowest BCUT2D eigenvalue weighted by Gasteiger charge is -2.17. The molecular formula is C14H22N2O4S. The number of carbonyl (C=O) groups is 1. The molecule has 1 atom stereocenters. The third-order valence-corrected chi connectivity index (χ3v) is 4.53. The molecular weight excluding hydrogens is 292 g/mol. The molecule has 0 aliphatic heterocycles. The molecule has 0 amide bonds. The van der Waals surface area contributed by atoms with Crippen molar-refractivity contribution in [1.82, 2.24) is 4.72 Å². The standard InChI is InChI=1S/C14H22N2O4S/c1-9(2)7-10(3)16-21(18,19)13-6-5-11(15)8-12(13)14(17)20-4/h5-6,8-10,16H,7,15H2,1-4H3. The maximum atomic E-state index is 12.4. The van der Waals surface area contributed by atoms with E-state index in [0.717, 1.165) is 0 Å². The molecule has 1 aromatic rings. The summed E-state index contributed by atoms with van der Waals surface area (Å²) in [5.41, 5.74) is 5.84. The molecule has 1 rings (SSSR count). The molecule has 0 saturated heterocycles. The topological polar surface area (TPSA) is 98.5 Å². The van der Waals surface area contributed by atoms with Crippen LogP contribution in [0, 0.1) is 5.92 Å². The van der Waals surface area contributed by atoms with Crippen molar-refractivity contribution in [3.8, 4) is 0 Å². The average molecular weight is 314 g/mol. The third-order valence-electron chi connectivity index (χ3n) is 2.88. The van der Waals surface area contributed by atoms with Gasteiger partial charge in [0.25, 0.3) is 0 Å². The van der Waals surface area contributed by atoms with Crippen molar-refractivity contribution in [1.29, 1.82) is 0 Å². The van der Waals surface area contributed by atoms with Crippen LogP contribution in [0.3, 0.4) is 0 Å². The molecule has 21 heavy (non-hydrogen) atoms. The Kier molecular flexibility index (Phi) is 5.74. The zero-order chi connectivity index (χ0) is 16.2. The van der Waals surface area contributed by atoms with Crippen LogP contribution in [0.15, 0.2) is 23.1 Å². The summed E-state index contributed by atoms with van der Waals surface area (Å²) in [6.45, 7) is 5.80. The first kappa shape index (κ1) is 17.5. The summed E-state index contributed by atoms with van der Waals surface area (Å²) in [6.07, 6.45) is 0.696. The monoisotopic (exact) mass is 314 g/mol. The highest BCUT2D eigenvalue weighted by atomic mass is 32.2. The molecule has 0 spiro atoms. The normalized spacial score (nSPS) is 13.2. The molecule has 6 nitrogen and oxygen atoms in total. The summed E-state index contributed by atoms with van der Waals surface area (Å²) in [6, 6.07) is 3.81. The van der Waals surface area contributed by atoms with E-state index >= 15 is 0 Å². The van der Waals surface area contributed by atoms with E-state index in [1.54, 1.807) is 6.92 Å². The lowest BCUT2D eigenvalue weighted by Crippen LogP contribution is -2.34. The molecule has 0 aliphatic carbocycles. The minimum absolute atomic E-state index is 0.0678. The van der Waals surface area contributed by atoms with Crippen molar-refractivity contribution in [3.63, 3.8) is 0 Å². The van der Waals surface area contributed by atoms with E-state index in [0.29, 0.717) is 18.0 Å². The van der Waals surface area contributed by atoms with Crippen LogP contribution in [0.4, 0.5) is 5.69 Å². The van der Waals surface area contributed by atoms with Crippen LogP contribution in [0.25, 0.3) is 0 Å². The molecule has 0 aliphatic rings. The van der Waals surface area contributed by atoms with Gasteiger partial charge < -0.3 is 10.5 Å². The summed E-state index contributed by atoms with van der Waals surface area (Å²) in [4.78, 5) is 11.6. The van der Waals surface area contributed by atoms with E-state index in [9.17, 15) is 13.2 Å². The van der Waals surface area contributed by atoms with Gasteiger partial charge in [-0.05, 0) is 37.5 Å². The molecule has 118 valence electrons. The molecule has 3 N–H and O–H groups in total.